The molecule has 226 valence electrons. The van der Waals surface area contributed by atoms with Crippen molar-refractivity contribution in [1.29, 1.82) is 0 Å². The first kappa shape index (κ1) is 32.8. The maximum absolute atomic E-state index is 11.3. The van der Waals surface area contributed by atoms with Crippen LogP contribution in [0.4, 0.5) is 5.69 Å². The predicted octanol–water partition coefficient (Wildman–Crippen LogP) is 3.74. The molecule has 1 spiro atoms. The van der Waals surface area contributed by atoms with Gasteiger partial charge < -0.3 is 20.6 Å². The molecule has 0 bridgehead atoms. The molecular weight excluding hydrogens is 576 g/mol. The summed E-state index contributed by atoms with van der Waals surface area (Å²) < 4.78 is 10.1. The van der Waals surface area contributed by atoms with Crippen LogP contribution in [0.5, 0.6) is 0 Å². The molecule has 2 aliphatic carbocycles. The molecule has 0 aliphatic heterocycles. The summed E-state index contributed by atoms with van der Waals surface area (Å²) in [5.74, 6) is -1.21. The summed E-state index contributed by atoms with van der Waals surface area (Å²) in [7, 11) is 5.23. The Morgan fingerprint density at radius 3 is 2.07 bits per heavy atom. The Bertz CT molecular complexity index is 1570. The van der Waals surface area contributed by atoms with Crippen molar-refractivity contribution < 1.29 is 13.8 Å². The monoisotopic (exact) mass is 614 g/mol. The maximum Gasteiger partial charge on any atom is 0.262 e. The Morgan fingerprint density at radius 2 is 1.62 bits per heavy atom. The van der Waals surface area contributed by atoms with Crippen LogP contribution in [0.2, 0.25) is 0 Å². The number of H-pyrrole nitrogens is 1. The number of rotatable bonds is 6. The minimum absolute atomic E-state index is 0. The average molecular weight is 615 g/mol. The van der Waals surface area contributed by atoms with Gasteiger partial charge in [0.1, 0.15) is 23.4 Å². The van der Waals surface area contributed by atoms with Crippen LogP contribution in [0, 0.1) is 12.3 Å². The van der Waals surface area contributed by atoms with Gasteiger partial charge in [-0.05, 0) is 68.4 Å². The number of fused-ring (bicyclic) bond motifs is 1. The number of hydrogen-bond acceptors (Lipinski definition) is 8. The van der Waals surface area contributed by atoms with Crippen LogP contribution in [-0.2, 0) is 11.2 Å². The molecule has 2 amide bonds. The largest absolute Gasteiger partial charge is 0.365 e. The lowest BCUT2D eigenvalue weighted by atomic mass is 9.56. The van der Waals surface area contributed by atoms with E-state index in [0.717, 1.165) is 22.5 Å². The van der Waals surface area contributed by atoms with Gasteiger partial charge in [0.15, 0.2) is 0 Å². The highest BCUT2D eigenvalue weighted by molar-refractivity contribution is 7.96. The Labute approximate surface area is 255 Å². The van der Waals surface area contributed by atoms with Crippen molar-refractivity contribution in [2.75, 3.05) is 18.5 Å². The van der Waals surface area contributed by atoms with E-state index in [1.54, 1.807) is 50.7 Å². The van der Waals surface area contributed by atoms with E-state index in [0.29, 0.717) is 16.6 Å². The van der Waals surface area contributed by atoms with E-state index in [1.807, 2.05) is 42.5 Å². The van der Waals surface area contributed by atoms with E-state index in [4.69, 9.17) is 15.7 Å². The second-order valence-electron chi connectivity index (χ2n) is 10.3. The third-order valence-corrected chi connectivity index (χ3v) is 8.34. The lowest BCUT2D eigenvalue weighted by Crippen LogP contribution is -2.35. The number of carbonyl (C=O) groups excluding carboxylic acids is 2. The third kappa shape index (κ3) is 7.17. The number of nitrogens with two attached hydrogens (primary N) is 2. The first-order valence-corrected chi connectivity index (χ1v) is 14.0. The molecule has 0 saturated heterocycles. The third-order valence-electron chi connectivity index (χ3n) is 7.76. The molecule has 3 aromatic heterocycles. The minimum atomic E-state index is -0.739. The highest BCUT2D eigenvalue weighted by atomic mass is 32.2. The molecule has 2 aliphatic rings. The summed E-state index contributed by atoms with van der Waals surface area (Å²) in [6.45, 7) is 1.81. The smallest absolute Gasteiger partial charge is 0.262 e. The summed E-state index contributed by atoms with van der Waals surface area (Å²) in [6.07, 6.45) is 12.3. The number of nitrogens with zero attached hydrogens (tertiary/aromatic N) is 5. The molecular formula is C28H38N8O4S2. The van der Waals surface area contributed by atoms with E-state index in [1.165, 1.54) is 42.0 Å². The van der Waals surface area contributed by atoms with Crippen LogP contribution in [0.3, 0.4) is 0 Å². The number of benzene rings is 1. The first-order chi connectivity index (χ1) is 19.5. The number of anilines is 1. The summed E-state index contributed by atoms with van der Waals surface area (Å²) in [5, 5.41) is 8.80. The fourth-order valence-corrected chi connectivity index (χ4v) is 5.45. The van der Waals surface area contributed by atoms with Crippen molar-refractivity contribution >= 4 is 54.3 Å². The van der Waals surface area contributed by atoms with Gasteiger partial charge in [-0.2, -0.15) is 23.7 Å². The van der Waals surface area contributed by atoms with Gasteiger partial charge in [0.05, 0.1) is 36.4 Å². The Kier molecular flexibility index (Phi) is 10.9. The van der Waals surface area contributed by atoms with Gasteiger partial charge in [-0.1, -0.05) is 12.8 Å². The van der Waals surface area contributed by atoms with Crippen LogP contribution in [0.15, 0.2) is 47.5 Å². The first-order valence-electron chi connectivity index (χ1n) is 13.3. The van der Waals surface area contributed by atoms with E-state index >= 15 is 0 Å². The topological polar surface area (TPSA) is 167 Å². The van der Waals surface area contributed by atoms with Gasteiger partial charge in [-0.25, -0.2) is 4.68 Å². The second-order valence-corrected chi connectivity index (χ2v) is 11.4. The number of primary amides is 2. The van der Waals surface area contributed by atoms with Gasteiger partial charge in [0, 0.05) is 25.2 Å². The summed E-state index contributed by atoms with van der Waals surface area (Å²) in [4.78, 5) is 35.9. The Hall–Kier alpha value is -3.75. The molecule has 0 unspecified atom stereocenters. The number of aromatic amines is 1. The molecule has 42 heavy (non-hydrogen) atoms. The van der Waals surface area contributed by atoms with Crippen molar-refractivity contribution in [3.8, 4) is 5.69 Å². The summed E-state index contributed by atoms with van der Waals surface area (Å²) in [6, 6.07) is 9.18. The van der Waals surface area contributed by atoms with Crippen molar-refractivity contribution in [3.05, 3.63) is 69.9 Å². The predicted molar refractivity (Wildman–Crippen MR) is 170 cm³/mol. The zero-order valence-electron chi connectivity index (χ0n) is 24.2. The molecule has 4 aromatic rings. The quantitative estimate of drug-likeness (QED) is 0.218. The standard InChI is InChI=1S/C13H16N4O2S.C8H8N4O2.C7H12.H2S/c1-9-12(13(14)18)8-15-17(9)11-6-4-10(5-7-11)16(2)20-19-3;1-12-7-4(3-10-12)2-5(6(9)13)8(14)11-7;1-3-7(4-1)5-2-6-7;/h4-8H,1-3H3,(H2,14,18);2-3H,1H3,(H2,9,13)(H,11,14);1-6H2;1H2. The van der Waals surface area contributed by atoms with Crippen molar-refractivity contribution in [3.63, 3.8) is 0 Å². The van der Waals surface area contributed by atoms with E-state index < -0.39 is 17.4 Å². The lowest BCUT2D eigenvalue weighted by molar-refractivity contribution is 0.0314. The number of hydrogen-bond donors (Lipinski definition) is 3. The SMILES string of the molecule is C1CC2(C1)CCC2.COSN(C)c1ccc(-n2ncc(C(N)=O)c2C)cc1.Cn1ncc2cc(C(N)=O)c(=O)[nH]c21.S. The molecule has 6 rings (SSSR count). The number of aromatic nitrogens is 5. The van der Waals surface area contributed by atoms with Gasteiger partial charge in [-0.15, -0.1) is 0 Å². The molecule has 1 aromatic carbocycles. The number of carbonyl (C=O) groups is 2. The normalized spacial score (nSPS) is 14.3. The molecule has 0 atom stereocenters. The van der Waals surface area contributed by atoms with Gasteiger partial charge in [0.2, 0.25) is 0 Å². The molecule has 2 saturated carbocycles. The maximum atomic E-state index is 11.3. The van der Waals surface area contributed by atoms with Crippen molar-refractivity contribution in [2.24, 2.45) is 23.9 Å². The lowest BCUT2D eigenvalue weighted by Gasteiger charge is -2.49. The fourth-order valence-electron chi connectivity index (χ4n) is 5.02. The van der Waals surface area contributed by atoms with Crippen molar-refractivity contribution in [2.45, 2.75) is 45.4 Å². The molecule has 0 radical (unpaired) electrons. The van der Waals surface area contributed by atoms with E-state index in [2.05, 4.69) is 15.2 Å². The number of amides is 2. The van der Waals surface area contributed by atoms with Gasteiger partial charge in [-0.3, -0.25) is 23.4 Å². The number of nitrogens with one attached hydrogen (secondary N) is 1. The molecule has 2 fully saturated rings. The van der Waals surface area contributed by atoms with Crippen LogP contribution in [0.1, 0.15) is 64.9 Å². The number of pyridine rings is 1. The zero-order valence-corrected chi connectivity index (χ0v) is 26.0. The average Bonchev–Trinajstić information content (AvgIpc) is 3.45. The summed E-state index contributed by atoms with van der Waals surface area (Å²) in [5.41, 5.74) is 14.3. The van der Waals surface area contributed by atoms with Crippen LogP contribution < -0.4 is 21.3 Å². The Balaban J connectivity index is 0.000000189. The van der Waals surface area contributed by atoms with Gasteiger partial charge in [0.25, 0.3) is 17.4 Å². The highest BCUT2D eigenvalue weighted by Crippen LogP contribution is 2.55. The summed E-state index contributed by atoms with van der Waals surface area (Å²) >= 11 is 1.25. The minimum Gasteiger partial charge on any atom is -0.365 e. The van der Waals surface area contributed by atoms with Crippen LogP contribution in [0.25, 0.3) is 16.7 Å². The number of aryl methyl sites for hydroxylation is 1. The Morgan fingerprint density at radius 1 is 1.02 bits per heavy atom. The molecule has 3 heterocycles. The molecule has 5 N–H and O–H groups in total. The van der Waals surface area contributed by atoms with E-state index in [-0.39, 0.29) is 19.1 Å². The molecule has 14 heteroatoms. The van der Waals surface area contributed by atoms with Gasteiger partial charge >= 0.3 is 0 Å². The highest BCUT2D eigenvalue weighted by Gasteiger charge is 2.41. The molecule has 12 nitrogen and oxygen atoms in total. The van der Waals surface area contributed by atoms with E-state index in [9.17, 15) is 14.4 Å². The van der Waals surface area contributed by atoms with Crippen LogP contribution >= 0.6 is 25.7 Å². The zero-order chi connectivity index (χ0) is 29.7. The fraction of sp³-hybridized carbons (Fsp3) is 0.393. The van der Waals surface area contributed by atoms with Crippen LogP contribution in [-0.4, -0.2) is 50.5 Å². The second kappa shape index (κ2) is 13.9. The van der Waals surface area contributed by atoms with Crippen molar-refractivity contribution in [1.82, 2.24) is 24.5 Å².